The molecule has 0 unspecified atom stereocenters. The Morgan fingerprint density at radius 2 is 0.722 bits per heavy atom. The van der Waals surface area contributed by atoms with E-state index in [0.717, 1.165) is 5.30 Å². The minimum atomic E-state index is -2.05. The lowest BCUT2D eigenvalue weighted by molar-refractivity contribution is 0.625. The van der Waals surface area contributed by atoms with Gasteiger partial charge in [-0.05, 0) is 67.1 Å². The van der Waals surface area contributed by atoms with Crippen molar-refractivity contribution >= 4 is 34.3 Å². The van der Waals surface area contributed by atoms with Crippen molar-refractivity contribution in [1.82, 2.24) is 0 Å². The van der Waals surface area contributed by atoms with Crippen LogP contribution in [0, 0.1) is 0 Å². The molecule has 0 atom stereocenters. The van der Waals surface area contributed by atoms with Crippen molar-refractivity contribution in [2.24, 2.45) is 0 Å². The van der Waals surface area contributed by atoms with Crippen LogP contribution in [0.2, 0.25) is 0 Å². The van der Waals surface area contributed by atoms with E-state index in [9.17, 15) is 4.89 Å². The predicted molar refractivity (Wildman–Crippen MR) is 158 cm³/mol. The first-order chi connectivity index (χ1) is 17.5. The SMILES string of the molecule is C[P+](C)(O)c1ccc(-c2c3ccccc3c(-c3ccc(-c4ccccc4)cc3)c3ccccc23)cc1. The van der Waals surface area contributed by atoms with Crippen molar-refractivity contribution in [2.45, 2.75) is 0 Å². The summed E-state index contributed by atoms with van der Waals surface area (Å²) in [5, 5.41) is 6.00. The van der Waals surface area contributed by atoms with Crippen LogP contribution in [0.5, 0.6) is 0 Å². The third kappa shape index (κ3) is 4.01. The summed E-state index contributed by atoms with van der Waals surface area (Å²) in [6, 6.07) is 45.4. The maximum atomic E-state index is 10.6. The van der Waals surface area contributed by atoms with Crippen LogP contribution in [-0.4, -0.2) is 18.2 Å². The molecule has 0 aliphatic heterocycles. The minimum Gasteiger partial charge on any atom is -0.247 e. The van der Waals surface area contributed by atoms with Crippen LogP contribution in [0.25, 0.3) is 54.9 Å². The van der Waals surface area contributed by atoms with Gasteiger partial charge in [-0.1, -0.05) is 115 Å². The Morgan fingerprint density at radius 3 is 1.14 bits per heavy atom. The number of rotatable bonds is 4. The molecule has 0 aliphatic carbocycles. The molecule has 6 aromatic rings. The predicted octanol–water partition coefficient (Wildman–Crippen LogP) is 8.80. The van der Waals surface area contributed by atoms with Crippen molar-refractivity contribution < 1.29 is 4.89 Å². The molecule has 0 heterocycles. The third-order valence-electron chi connectivity index (χ3n) is 7.00. The third-order valence-corrected chi connectivity index (χ3v) is 8.56. The highest BCUT2D eigenvalue weighted by Gasteiger charge is 2.25. The van der Waals surface area contributed by atoms with Gasteiger partial charge in [-0.2, -0.15) is 0 Å². The van der Waals surface area contributed by atoms with E-state index in [4.69, 9.17) is 0 Å². The largest absolute Gasteiger partial charge is 0.247 e. The molecule has 0 fully saturated rings. The molecular formula is C34H28OP+. The molecule has 0 bridgehead atoms. The molecule has 0 saturated heterocycles. The van der Waals surface area contributed by atoms with Gasteiger partial charge in [0.05, 0.1) is 13.3 Å². The van der Waals surface area contributed by atoms with Crippen LogP contribution < -0.4 is 5.30 Å². The van der Waals surface area contributed by atoms with E-state index in [2.05, 4.69) is 127 Å². The normalized spacial score (nSPS) is 11.8. The van der Waals surface area contributed by atoms with Gasteiger partial charge in [-0.3, -0.25) is 0 Å². The zero-order valence-electron chi connectivity index (χ0n) is 20.5. The average molecular weight is 484 g/mol. The highest BCUT2D eigenvalue weighted by molar-refractivity contribution is 7.76. The van der Waals surface area contributed by atoms with Crippen molar-refractivity contribution in [3.63, 3.8) is 0 Å². The molecule has 6 aromatic carbocycles. The standard InChI is InChI=1S/C34H28OP/c1-36(2,35)28-22-20-27(21-23-28)34-31-14-8-6-12-29(31)33(30-13-7-9-15-32(30)34)26-18-16-25(17-19-26)24-10-4-3-5-11-24/h3-23,35H,1-2H3/q+1. The second kappa shape index (κ2) is 9.03. The van der Waals surface area contributed by atoms with E-state index < -0.39 is 7.49 Å². The summed E-state index contributed by atoms with van der Waals surface area (Å²) in [6.07, 6.45) is 0. The maximum Gasteiger partial charge on any atom is 0.168 e. The number of benzene rings is 6. The topological polar surface area (TPSA) is 20.2 Å². The molecule has 0 amide bonds. The van der Waals surface area contributed by atoms with Gasteiger partial charge in [0, 0.05) is 0 Å². The summed E-state index contributed by atoms with van der Waals surface area (Å²) >= 11 is 0. The van der Waals surface area contributed by atoms with Gasteiger partial charge in [-0.25, -0.2) is 4.89 Å². The minimum absolute atomic E-state index is 1.02. The van der Waals surface area contributed by atoms with Gasteiger partial charge >= 0.3 is 0 Å². The van der Waals surface area contributed by atoms with E-state index in [-0.39, 0.29) is 0 Å². The smallest absolute Gasteiger partial charge is 0.168 e. The molecule has 1 N–H and O–H groups in total. The Balaban J connectivity index is 1.59. The summed E-state index contributed by atoms with van der Waals surface area (Å²) < 4.78 is 0. The molecular weight excluding hydrogens is 455 g/mol. The van der Waals surface area contributed by atoms with Gasteiger partial charge < -0.3 is 0 Å². The Kier molecular flexibility index (Phi) is 5.69. The lowest BCUT2D eigenvalue weighted by Crippen LogP contribution is -2.07. The molecule has 0 aliphatic rings. The first kappa shape index (κ1) is 22.7. The van der Waals surface area contributed by atoms with Crippen LogP contribution in [0.15, 0.2) is 127 Å². The molecule has 2 heteroatoms. The Bertz CT molecular complexity index is 1620. The average Bonchev–Trinajstić information content (AvgIpc) is 2.92. The fourth-order valence-electron chi connectivity index (χ4n) is 5.20. The zero-order valence-corrected chi connectivity index (χ0v) is 21.4. The molecule has 0 radical (unpaired) electrons. The maximum absolute atomic E-state index is 10.6. The highest BCUT2D eigenvalue weighted by Crippen LogP contribution is 2.46. The molecule has 174 valence electrons. The summed E-state index contributed by atoms with van der Waals surface area (Å²) in [4.78, 5) is 10.6. The second-order valence-electron chi connectivity index (χ2n) is 9.73. The number of hydrogen-bond acceptors (Lipinski definition) is 1. The molecule has 1 nitrogen and oxygen atoms in total. The van der Waals surface area contributed by atoms with Crippen LogP contribution in [-0.2, 0) is 0 Å². The van der Waals surface area contributed by atoms with Crippen molar-refractivity contribution in [3.8, 4) is 33.4 Å². The molecule has 6 rings (SSSR count). The van der Waals surface area contributed by atoms with Crippen LogP contribution in [0.3, 0.4) is 0 Å². The number of hydrogen-bond donors (Lipinski definition) is 1. The van der Waals surface area contributed by atoms with Gasteiger partial charge in [0.15, 0.2) is 7.49 Å². The van der Waals surface area contributed by atoms with E-state index in [1.165, 1.54) is 54.9 Å². The van der Waals surface area contributed by atoms with E-state index in [0.29, 0.717) is 0 Å². The number of fused-ring (bicyclic) bond motifs is 2. The summed E-state index contributed by atoms with van der Waals surface area (Å²) in [7, 11) is -2.05. The van der Waals surface area contributed by atoms with Crippen molar-refractivity contribution in [3.05, 3.63) is 127 Å². The van der Waals surface area contributed by atoms with Gasteiger partial charge in [-0.15, -0.1) is 0 Å². The monoisotopic (exact) mass is 483 g/mol. The lowest BCUT2D eigenvalue weighted by atomic mass is 9.86. The molecule has 0 aromatic heterocycles. The molecule has 36 heavy (non-hydrogen) atoms. The van der Waals surface area contributed by atoms with E-state index in [1.54, 1.807) is 0 Å². The van der Waals surface area contributed by atoms with Crippen LogP contribution >= 0.6 is 7.49 Å². The van der Waals surface area contributed by atoms with Crippen molar-refractivity contribution in [1.29, 1.82) is 0 Å². The first-order valence-corrected chi connectivity index (χ1v) is 14.9. The van der Waals surface area contributed by atoms with Crippen LogP contribution in [0.1, 0.15) is 0 Å². The fourth-order valence-corrected chi connectivity index (χ4v) is 6.08. The Hall–Kier alpha value is -3.77. The van der Waals surface area contributed by atoms with Crippen LogP contribution in [0.4, 0.5) is 0 Å². The van der Waals surface area contributed by atoms with Gasteiger partial charge in [0.1, 0.15) is 5.30 Å². The second-order valence-corrected chi connectivity index (χ2v) is 13.0. The zero-order chi connectivity index (χ0) is 24.7. The quantitative estimate of drug-likeness (QED) is 0.196. The molecule has 0 saturated carbocycles. The van der Waals surface area contributed by atoms with E-state index in [1.807, 2.05) is 13.3 Å². The molecule has 0 spiro atoms. The Morgan fingerprint density at radius 1 is 0.389 bits per heavy atom. The lowest BCUT2D eigenvalue weighted by Gasteiger charge is -2.18. The van der Waals surface area contributed by atoms with Gasteiger partial charge in [0.25, 0.3) is 0 Å². The first-order valence-electron chi connectivity index (χ1n) is 12.3. The van der Waals surface area contributed by atoms with Gasteiger partial charge in [0.2, 0.25) is 0 Å². The summed E-state index contributed by atoms with van der Waals surface area (Å²) in [6.45, 7) is 3.87. The summed E-state index contributed by atoms with van der Waals surface area (Å²) in [5.74, 6) is 0. The fraction of sp³-hybridized carbons (Fsp3) is 0.0588. The van der Waals surface area contributed by atoms with E-state index >= 15 is 0 Å². The van der Waals surface area contributed by atoms with Crippen molar-refractivity contribution in [2.75, 3.05) is 13.3 Å². The Labute approximate surface area is 213 Å². The highest BCUT2D eigenvalue weighted by atomic mass is 31.2. The summed E-state index contributed by atoms with van der Waals surface area (Å²) in [5.41, 5.74) is 7.35.